The molecule has 0 spiro atoms. The van der Waals surface area contributed by atoms with E-state index in [1.54, 1.807) is 0 Å². The van der Waals surface area contributed by atoms with Gasteiger partial charge in [-0.05, 0) is 25.7 Å². The molecule has 7 heteroatoms. The highest BCUT2D eigenvalue weighted by Crippen LogP contribution is 2.38. The number of amides is 1. The van der Waals surface area contributed by atoms with E-state index in [0.717, 1.165) is 52.2 Å². The number of morpholine rings is 1. The third kappa shape index (κ3) is 5.46. The summed E-state index contributed by atoms with van der Waals surface area (Å²) in [6, 6.07) is 0. The van der Waals surface area contributed by atoms with Crippen molar-refractivity contribution in [1.82, 2.24) is 10.2 Å². The average molecular weight is 368 g/mol. The summed E-state index contributed by atoms with van der Waals surface area (Å²) in [5, 5.41) is 3.16. The van der Waals surface area contributed by atoms with Crippen LogP contribution in [0.25, 0.3) is 0 Å². The van der Waals surface area contributed by atoms with Crippen molar-refractivity contribution in [3.05, 3.63) is 0 Å². The lowest BCUT2D eigenvalue weighted by molar-refractivity contribution is -0.124. The molecule has 1 aliphatic heterocycles. The van der Waals surface area contributed by atoms with Crippen LogP contribution < -0.4 is 11.1 Å². The molecule has 0 bridgehead atoms. The first-order chi connectivity index (χ1) is 10.1. The van der Waals surface area contributed by atoms with Crippen LogP contribution in [0.4, 0.5) is 0 Å². The molecule has 1 heterocycles. The molecule has 3 N–H and O–H groups in total. The van der Waals surface area contributed by atoms with Crippen molar-refractivity contribution < 1.29 is 9.53 Å². The van der Waals surface area contributed by atoms with Crippen molar-refractivity contribution in [3.63, 3.8) is 0 Å². The van der Waals surface area contributed by atoms with Gasteiger partial charge in [0.15, 0.2) is 0 Å². The maximum atomic E-state index is 12.1. The number of carbonyl (C=O) groups is 1. The molecule has 1 saturated heterocycles. The standard InChI is InChI=1S/C16H29N3O2.2ClH/c17-16(6-7-16)14(20)18-12-15(4-2-1-3-5-15)13-19-8-10-21-11-9-19;;/h1-13,17H2,(H,18,20);2*1H. The van der Waals surface area contributed by atoms with Gasteiger partial charge in [-0.1, -0.05) is 19.3 Å². The van der Waals surface area contributed by atoms with Crippen LogP contribution in [0.1, 0.15) is 44.9 Å². The lowest BCUT2D eigenvalue weighted by atomic mass is 9.73. The lowest BCUT2D eigenvalue weighted by Crippen LogP contribution is -2.52. The largest absolute Gasteiger partial charge is 0.379 e. The third-order valence-corrected chi connectivity index (χ3v) is 5.44. The fourth-order valence-electron chi connectivity index (χ4n) is 3.73. The van der Waals surface area contributed by atoms with E-state index in [0.29, 0.717) is 0 Å². The fraction of sp³-hybridized carbons (Fsp3) is 0.938. The van der Waals surface area contributed by atoms with Gasteiger partial charge in [-0.15, -0.1) is 24.8 Å². The van der Waals surface area contributed by atoms with E-state index in [1.165, 1.54) is 32.1 Å². The summed E-state index contributed by atoms with van der Waals surface area (Å²) in [4.78, 5) is 14.6. The fourth-order valence-corrected chi connectivity index (χ4v) is 3.73. The molecule has 0 atom stereocenters. The summed E-state index contributed by atoms with van der Waals surface area (Å²) >= 11 is 0. The Balaban J connectivity index is 0.00000132. The van der Waals surface area contributed by atoms with Gasteiger partial charge in [-0.2, -0.15) is 0 Å². The number of carbonyl (C=O) groups excluding carboxylic acids is 1. The molecule has 23 heavy (non-hydrogen) atoms. The maximum Gasteiger partial charge on any atom is 0.240 e. The molecular formula is C16H31Cl2N3O2. The van der Waals surface area contributed by atoms with E-state index < -0.39 is 5.54 Å². The number of ether oxygens (including phenoxy) is 1. The number of hydrogen-bond acceptors (Lipinski definition) is 4. The van der Waals surface area contributed by atoms with Crippen molar-refractivity contribution in [2.45, 2.75) is 50.5 Å². The first-order valence-electron chi connectivity index (χ1n) is 8.49. The van der Waals surface area contributed by atoms with E-state index in [1.807, 2.05) is 0 Å². The predicted molar refractivity (Wildman–Crippen MR) is 96.4 cm³/mol. The quantitative estimate of drug-likeness (QED) is 0.776. The minimum atomic E-state index is -0.547. The second-order valence-corrected chi connectivity index (χ2v) is 7.29. The van der Waals surface area contributed by atoms with Crippen molar-refractivity contribution in [2.24, 2.45) is 11.1 Å². The van der Waals surface area contributed by atoms with Gasteiger partial charge in [0, 0.05) is 31.6 Å². The molecule has 2 aliphatic carbocycles. The summed E-state index contributed by atoms with van der Waals surface area (Å²) in [7, 11) is 0. The van der Waals surface area contributed by atoms with Crippen LogP contribution in [-0.2, 0) is 9.53 Å². The number of rotatable bonds is 5. The highest BCUT2D eigenvalue weighted by Gasteiger charge is 2.46. The molecule has 3 fully saturated rings. The van der Waals surface area contributed by atoms with E-state index in [2.05, 4.69) is 10.2 Å². The Morgan fingerprint density at radius 2 is 1.65 bits per heavy atom. The van der Waals surface area contributed by atoms with Crippen molar-refractivity contribution >= 4 is 30.7 Å². The molecule has 0 radical (unpaired) electrons. The Hall–Kier alpha value is -0.0700. The molecule has 136 valence electrons. The summed E-state index contributed by atoms with van der Waals surface area (Å²) in [5.41, 5.74) is 5.69. The third-order valence-electron chi connectivity index (χ3n) is 5.44. The van der Waals surface area contributed by atoms with Gasteiger partial charge in [0.25, 0.3) is 0 Å². The second kappa shape index (κ2) is 8.86. The lowest BCUT2D eigenvalue weighted by Gasteiger charge is -2.42. The minimum absolute atomic E-state index is 0. The smallest absolute Gasteiger partial charge is 0.240 e. The summed E-state index contributed by atoms with van der Waals surface area (Å²) in [5.74, 6) is 0.0643. The van der Waals surface area contributed by atoms with Crippen LogP contribution in [0.5, 0.6) is 0 Å². The van der Waals surface area contributed by atoms with Crippen molar-refractivity contribution in [2.75, 3.05) is 39.4 Å². The minimum Gasteiger partial charge on any atom is -0.379 e. The van der Waals surface area contributed by atoms with Crippen LogP contribution in [0.2, 0.25) is 0 Å². The average Bonchev–Trinajstić information content (AvgIpc) is 3.26. The zero-order valence-electron chi connectivity index (χ0n) is 13.8. The Bertz CT molecular complexity index is 380. The predicted octanol–water partition coefficient (Wildman–Crippen LogP) is 1.72. The number of nitrogens with one attached hydrogen (secondary N) is 1. The van der Waals surface area contributed by atoms with Crippen LogP contribution in [0.15, 0.2) is 0 Å². The molecule has 0 aromatic rings. The van der Waals surface area contributed by atoms with E-state index in [-0.39, 0.29) is 36.1 Å². The second-order valence-electron chi connectivity index (χ2n) is 7.29. The normalized spacial score (nSPS) is 25.6. The Labute approximate surface area is 151 Å². The van der Waals surface area contributed by atoms with Crippen LogP contribution in [0, 0.1) is 5.41 Å². The SMILES string of the molecule is Cl.Cl.NC1(C(=O)NCC2(CN3CCOCC3)CCCCC2)CC1. The zero-order valence-corrected chi connectivity index (χ0v) is 15.5. The summed E-state index contributed by atoms with van der Waals surface area (Å²) < 4.78 is 5.45. The van der Waals surface area contributed by atoms with Gasteiger partial charge >= 0.3 is 0 Å². The molecule has 1 amide bonds. The Morgan fingerprint density at radius 1 is 1.04 bits per heavy atom. The highest BCUT2D eigenvalue weighted by atomic mass is 35.5. The number of halogens is 2. The van der Waals surface area contributed by atoms with Crippen LogP contribution >= 0.6 is 24.8 Å². The van der Waals surface area contributed by atoms with Gasteiger partial charge in [0.1, 0.15) is 0 Å². The van der Waals surface area contributed by atoms with Gasteiger partial charge < -0.3 is 15.8 Å². The first-order valence-corrected chi connectivity index (χ1v) is 8.49. The van der Waals surface area contributed by atoms with Crippen molar-refractivity contribution in [3.8, 4) is 0 Å². The van der Waals surface area contributed by atoms with E-state index in [4.69, 9.17) is 10.5 Å². The Morgan fingerprint density at radius 3 is 2.22 bits per heavy atom. The molecule has 0 aromatic heterocycles. The van der Waals surface area contributed by atoms with E-state index in [9.17, 15) is 4.79 Å². The maximum absolute atomic E-state index is 12.1. The number of hydrogen-bond donors (Lipinski definition) is 2. The molecule has 2 saturated carbocycles. The van der Waals surface area contributed by atoms with Gasteiger partial charge in [0.2, 0.25) is 5.91 Å². The summed E-state index contributed by atoms with van der Waals surface area (Å²) in [6.45, 7) is 5.62. The molecular weight excluding hydrogens is 337 g/mol. The van der Waals surface area contributed by atoms with Crippen LogP contribution in [0.3, 0.4) is 0 Å². The van der Waals surface area contributed by atoms with Gasteiger partial charge in [-0.25, -0.2) is 0 Å². The topological polar surface area (TPSA) is 67.6 Å². The van der Waals surface area contributed by atoms with Gasteiger partial charge in [0.05, 0.1) is 18.8 Å². The molecule has 3 aliphatic rings. The molecule has 3 rings (SSSR count). The van der Waals surface area contributed by atoms with E-state index >= 15 is 0 Å². The van der Waals surface area contributed by atoms with Crippen molar-refractivity contribution in [1.29, 1.82) is 0 Å². The van der Waals surface area contributed by atoms with Gasteiger partial charge in [-0.3, -0.25) is 9.69 Å². The summed E-state index contributed by atoms with van der Waals surface area (Å²) in [6.07, 6.45) is 8.04. The molecule has 0 unspecified atom stereocenters. The zero-order chi connectivity index (χ0) is 14.8. The monoisotopic (exact) mass is 367 g/mol. The first kappa shape index (κ1) is 21.0. The Kier molecular flexibility index (Phi) is 8.08. The molecule has 5 nitrogen and oxygen atoms in total. The van der Waals surface area contributed by atoms with Crippen LogP contribution in [-0.4, -0.2) is 55.7 Å². The highest BCUT2D eigenvalue weighted by molar-refractivity contribution is 5.89. The number of nitrogens with zero attached hydrogens (tertiary/aromatic N) is 1. The number of nitrogens with two attached hydrogens (primary N) is 1. The molecule has 0 aromatic carbocycles.